The zero-order chi connectivity index (χ0) is 16.7. The van der Waals surface area contributed by atoms with Crippen molar-refractivity contribution in [2.24, 2.45) is 0 Å². The first-order valence-corrected chi connectivity index (χ1v) is 7.31. The van der Waals surface area contributed by atoms with Crippen LogP contribution >= 0.6 is 0 Å². The summed E-state index contributed by atoms with van der Waals surface area (Å²) in [6.07, 6.45) is -0.102. The fourth-order valence-corrected chi connectivity index (χ4v) is 2.29. The molecular weight excluding hydrogens is 282 g/mol. The van der Waals surface area contributed by atoms with Gasteiger partial charge in [0.25, 0.3) is 0 Å². The van der Waals surface area contributed by atoms with E-state index in [2.05, 4.69) is 0 Å². The number of carbonyl (C=O) groups is 2. The largest absolute Gasteiger partial charge is 0.487 e. The van der Waals surface area contributed by atoms with E-state index in [1.54, 1.807) is 25.2 Å². The molecule has 0 N–H and O–H groups in total. The standard InChI is InChI=1S/C17H23NO4/c1-16(2,3)22-15(20)18(6)11-7-8-12-13(19)10-17(4,5)21-14(12)9-11/h7-9H,10H2,1-6H3. The highest BCUT2D eigenvalue weighted by Crippen LogP contribution is 2.35. The molecule has 5 nitrogen and oxygen atoms in total. The van der Waals surface area contributed by atoms with E-state index >= 15 is 0 Å². The first-order valence-electron chi connectivity index (χ1n) is 7.31. The molecule has 0 spiro atoms. The lowest BCUT2D eigenvalue weighted by Gasteiger charge is -2.32. The van der Waals surface area contributed by atoms with Crippen molar-refractivity contribution in [2.45, 2.75) is 52.2 Å². The molecule has 22 heavy (non-hydrogen) atoms. The van der Waals surface area contributed by atoms with Gasteiger partial charge in [0.1, 0.15) is 17.0 Å². The highest BCUT2D eigenvalue weighted by molar-refractivity contribution is 6.01. The van der Waals surface area contributed by atoms with Crippen molar-refractivity contribution < 1.29 is 19.1 Å². The van der Waals surface area contributed by atoms with Crippen LogP contribution in [0.4, 0.5) is 10.5 Å². The molecule has 0 saturated heterocycles. The SMILES string of the molecule is CN(C(=O)OC(C)(C)C)c1ccc2c(c1)OC(C)(C)CC2=O. The minimum atomic E-state index is -0.561. The highest BCUT2D eigenvalue weighted by atomic mass is 16.6. The van der Waals surface area contributed by atoms with Crippen LogP contribution in [0.2, 0.25) is 0 Å². The van der Waals surface area contributed by atoms with Crippen molar-refractivity contribution in [1.82, 2.24) is 0 Å². The Kier molecular flexibility index (Phi) is 3.94. The fourth-order valence-electron chi connectivity index (χ4n) is 2.29. The predicted molar refractivity (Wildman–Crippen MR) is 84.7 cm³/mol. The monoisotopic (exact) mass is 305 g/mol. The van der Waals surface area contributed by atoms with Gasteiger partial charge in [0, 0.05) is 13.1 Å². The van der Waals surface area contributed by atoms with Crippen molar-refractivity contribution >= 4 is 17.6 Å². The van der Waals surface area contributed by atoms with Crippen LogP contribution in [-0.2, 0) is 4.74 Å². The second kappa shape index (κ2) is 5.30. The predicted octanol–water partition coefficient (Wildman–Crippen LogP) is 3.80. The smallest absolute Gasteiger partial charge is 0.414 e. The van der Waals surface area contributed by atoms with E-state index in [1.807, 2.05) is 34.6 Å². The lowest BCUT2D eigenvalue weighted by molar-refractivity contribution is 0.0589. The molecule has 1 heterocycles. The van der Waals surface area contributed by atoms with E-state index in [0.717, 1.165) is 0 Å². The second-order valence-electron chi connectivity index (χ2n) is 7.18. The number of anilines is 1. The summed E-state index contributed by atoms with van der Waals surface area (Å²) in [5.41, 5.74) is 0.0838. The van der Waals surface area contributed by atoms with Crippen molar-refractivity contribution in [3.8, 4) is 5.75 Å². The third-order valence-electron chi connectivity index (χ3n) is 3.29. The van der Waals surface area contributed by atoms with Gasteiger partial charge in [-0.1, -0.05) is 0 Å². The first kappa shape index (κ1) is 16.3. The number of Topliss-reactive ketones (excluding diaryl/α,β-unsaturated/α-hetero) is 1. The van der Waals surface area contributed by atoms with Gasteiger partial charge in [0.2, 0.25) is 0 Å². The molecule has 120 valence electrons. The van der Waals surface area contributed by atoms with Crippen LogP contribution in [-0.4, -0.2) is 30.1 Å². The number of hydrogen-bond donors (Lipinski definition) is 0. The lowest BCUT2D eigenvalue weighted by atomic mass is 9.93. The van der Waals surface area contributed by atoms with Crippen LogP contribution in [0, 0.1) is 0 Å². The zero-order valence-corrected chi connectivity index (χ0v) is 14.0. The third kappa shape index (κ3) is 3.59. The third-order valence-corrected chi connectivity index (χ3v) is 3.29. The van der Waals surface area contributed by atoms with Crippen molar-refractivity contribution in [2.75, 3.05) is 11.9 Å². The maximum absolute atomic E-state index is 12.1. The summed E-state index contributed by atoms with van der Waals surface area (Å²) >= 11 is 0. The molecule has 0 atom stereocenters. The molecule has 5 heteroatoms. The van der Waals surface area contributed by atoms with E-state index in [4.69, 9.17) is 9.47 Å². The summed E-state index contributed by atoms with van der Waals surface area (Å²) in [5, 5.41) is 0. The number of carbonyl (C=O) groups excluding carboxylic acids is 2. The Morgan fingerprint density at radius 2 is 1.95 bits per heavy atom. The van der Waals surface area contributed by atoms with E-state index < -0.39 is 17.3 Å². The molecule has 0 aromatic heterocycles. The Morgan fingerprint density at radius 3 is 2.55 bits per heavy atom. The molecule has 1 aromatic carbocycles. The summed E-state index contributed by atoms with van der Waals surface area (Å²) in [7, 11) is 1.63. The molecule has 0 fully saturated rings. The molecule has 0 unspecified atom stereocenters. The van der Waals surface area contributed by atoms with Crippen LogP contribution in [0.5, 0.6) is 5.75 Å². The van der Waals surface area contributed by atoms with E-state index in [9.17, 15) is 9.59 Å². The minimum Gasteiger partial charge on any atom is -0.487 e. The molecule has 1 aliphatic rings. The molecular formula is C17H23NO4. The quantitative estimate of drug-likeness (QED) is 0.792. The molecule has 0 saturated carbocycles. The van der Waals surface area contributed by atoms with Crippen LogP contribution in [0.25, 0.3) is 0 Å². The summed E-state index contributed by atoms with van der Waals surface area (Å²) in [6.45, 7) is 9.19. The van der Waals surface area contributed by atoms with Crippen LogP contribution < -0.4 is 9.64 Å². The Labute approximate surface area is 131 Å². The molecule has 1 aromatic rings. The van der Waals surface area contributed by atoms with Crippen LogP contribution in [0.1, 0.15) is 51.4 Å². The number of nitrogens with zero attached hydrogens (tertiary/aromatic N) is 1. The van der Waals surface area contributed by atoms with Gasteiger partial charge in [-0.3, -0.25) is 9.69 Å². The Morgan fingerprint density at radius 1 is 1.32 bits per heavy atom. The molecule has 0 bridgehead atoms. The molecule has 1 aliphatic heterocycles. The Bertz CT molecular complexity index is 614. The van der Waals surface area contributed by atoms with Gasteiger partial charge >= 0.3 is 6.09 Å². The van der Waals surface area contributed by atoms with E-state index in [1.165, 1.54) is 4.90 Å². The topological polar surface area (TPSA) is 55.8 Å². The zero-order valence-electron chi connectivity index (χ0n) is 14.0. The minimum absolute atomic E-state index is 0.0534. The van der Waals surface area contributed by atoms with Crippen molar-refractivity contribution in [3.63, 3.8) is 0 Å². The number of fused-ring (bicyclic) bond motifs is 1. The van der Waals surface area contributed by atoms with Gasteiger partial charge in [0.05, 0.1) is 17.7 Å². The molecule has 1 amide bonds. The number of ketones is 1. The summed E-state index contributed by atoms with van der Waals surface area (Å²) < 4.78 is 11.2. The van der Waals surface area contributed by atoms with Gasteiger partial charge in [-0.25, -0.2) is 4.79 Å². The van der Waals surface area contributed by atoms with E-state index in [0.29, 0.717) is 23.4 Å². The Hall–Kier alpha value is -2.04. The average Bonchev–Trinajstić information content (AvgIpc) is 2.33. The van der Waals surface area contributed by atoms with Gasteiger partial charge in [-0.05, 0) is 46.8 Å². The fraction of sp³-hybridized carbons (Fsp3) is 0.529. The Balaban J connectivity index is 2.28. The second-order valence-corrected chi connectivity index (χ2v) is 7.18. The number of rotatable bonds is 1. The summed E-state index contributed by atoms with van der Waals surface area (Å²) in [4.78, 5) is 25.6. The maximum Gasteiger partial charge on any atom is 0.414 e. The normalized spacial score (nSPS) is 16.5. The highest BCUT2D eigenvalue weighted by Gasteiger charge is 2.33. The van der Waals surface area contributed by atoms with Gasteiger partial charge in [-0.15, -0.1) is 0 Å². The summed E-state index contributed by atoms with van der Waals surface area (Å²) in [5.74, 6) is 0.562. The first-order chi connectivity index (χ1) is 9.98. The van der Waals surface area contributed by atoms with Crippen molar-refractivity contribution in [3.05, 3.63) is 23.8 Å². The number of hydrogen-bond acceptors (Lipinski definition) is 4. The van der Waals surface area contributed by atoms with Gasteiger partial charge in [0.15, 0.2) is 5.78 Å². The number of benzene rings is 1. The molecule has 0 aliphatic carbocycles. The number of ether oxygens (including phenoxy) is 2. The van der Waals surface area contributed by atoms with Crippen LogP contribution in [0.3, 0.4) is 0 Å². The van der Waals surface area contributed by atoms with Gasteiger partial charge in [-0.2, -0.15) is 0 Å². The van der Waals surface area contributed by atoms with Gasteiger partial charge < -0.3 is 9.47 Å². The maximum atomic E-state index is 12.1. The van der Waals surface area contributed by atoms with Crippen LogP contribution in [0.15, 0.2) is 18.2 Å². The molecule has 2 rings (SSSR count). The van der Waals surface area contributed by atoms with E-state index in [-0.39, 0.29) is 5.78 Å². The average molecular weight is 305 g/mol. The molecule has 0 radical (unpaired) electrons. The van der Waals surface area contributed by atoms with Crippen molar-refractivity contribution in [1.29, 1.82) is 0 Å². The lowest BCUT2D eigenvalue weighted by Crippen LogP contribution is -2.36. The number of amides is 1. The summed E-state index contributed by atoms with van der Waals surface area (Å²) in [6, 6.07) is 5.13.